The van der Waals surface area contributed by atoms with Crippen molar-refractivity contribution in [3.8, 4) is 0 Å². The van der Waals surface area contributed by atoms with Crippen molar-refractivity contribution in [2.24, 2.45) is 35.5 Å². The van der Waals surface area contributed by atoms with Gasteiger partial charge in [-0.25, -0.2) is 0 Å². The number of aliphatic hydroxyl groups excluding tert-OH is 1. The van der Waals surface area contributed by atoms with E-state index in [0.717, 1.165) is 32.1 Å². The molecule has 1 saturated heterocycles. The molecule has 4 rings (SSSR count). The molecule has 2 N–H and O–H groups in total. The standard InChI is InChI=1S/C17H23NO5/c19-14-10-5-6-11(14)13-12(10)15(20)18(16(13)21)7-8-3-1-2-4-9(8)17(22)23/h8-14,19H,1-7H2,(H,22,23)/t8-,9+,10-,11+,12-,13+,14?/m0/s1. The number of fused-ring (bicyclic) bond motifs is 5. The van der Waals surface area contributed by atoms with Crippen LogP contribution in [0.25, 0.3) is 0 Å². The second kappa shape index (κ2) is 5.30. The smallest absolute Gasteiger partial charge is 0.306 e. The quantitative estimate of drug-likeness (QED) is 0.753. The van der Waals surface area contributed by atoms with E-state index in [1.807, 2.05) is 0 Å². The van der Waals surface area contributed by atoms with Gasteiger partial charge >= 0.3 is 5.97 Å². The molecule has 126 valence electrons. The zero-order valence-electron chi connectivity index (χ0n) is 13.1. The van der Waals surface area contributed by atoms with Crippen LogP contribution in [0.15, 0.2) is 0 Å². The van der Waals surface area contributed by atoms with Gasteiger partial charge in [-0.3, -0.25) is 19.3 Å². The fraction of sp³-hybridized carbons (Fsp3) is 0.824. The van der Waals surface area contributed by atoms with Gasteiger partial charge in [0, 0.05) is 6.54 Å². The number of carboxylic acid groups (broad SMARTS) is 1. The summed E-state index contributed by atoms with van der Waals surface area (Å²) in [5, 5.41) is 19.6. The molecule has 0 spiro atoms. The number of imide groups is 1. The van der Waals surface area contributed by atoms with Gasteiger partial charge in [-0.15, -0.1) is 0 Å². The van der Waals surface area contributed by atoms with E-state index in [-0.39, 0.29) is 47.9 Å². The summed E-state index contributed by atoms with van der Waals surface area (Å²) >= 11 is 0. The molecule has 4 fully saturated rings. The summed E-state index contributed by atoms with van der Waals surface area (Å²) in [7, 11) is 0. The third-order valence-corrected chi connectivity index (χ3v) is 6.77. The number of aliphatic hydroxyl groups is 1. The molecule has 0 aromatic carbocycles. The third-order valence-electron chi connectivity index (χ3n) is 6.77. The summed E-state index contributed by atoms with van der Waals surface area (Å²) in [6.45, 7) is 0.247. The van der Waals surface area contributed by atoms with Crippen molar-refractivity contribution >= 4 is 17.8 Å². The maximum atomic E-state index is 12.7. The van der Waals surface area contributed by atoms with E-state index >= 15 is 0 Å². The predicted molar refractivity (Wildman–Crippen MR) is 79.0 cm³/mol. The van der Waals surface area contributed by atoms with E-state index in [2.05, 4.69) is 0 Å². The number of hydrogen-bond acceptors (Lipinski definition) is 4. The second-order valence-corrected chi connectivity index (χ2v) is 7.72. The van der Waals surface area contributed by atoms with Gasteiger partial charge in [0.05, 0.1) is 23.9 Å². The lowest BCUT2D eigenvalue weighted by Gasteiger charge is -2.31. The van der Waals surface area contributed by atoms with Crippen LogP contribution in [0.2, 0.25) is 0 Å². The molecule has 4 aliphatic rings. The zero-order chi connectivity index (χ0) is 16.3. The zero-order valence-corrected chi connectivity index (χ0v) is 13.1. The van der Waals surface area contributed by atoms with Gasteiger partial charge in [-0.1, -0.05) is 12.8 Å². The number of carbonyl (C=O) groups excluding carboxylic acids is 2. The maximum absolute atomic E-state index is 12.7. The first-order chi connectivity index (χ1) is 11.0. The molecule has 3 aliphatic carbocycles. The van der Waals surface area contributed by atoms with Gasteiger partial charge < -0.3 is 10.2 Å². The van der Waals surface area contributed by atoms with Crippen LogP contribution in [0.1, 0.15) is 38.5 Å². The van der Waals surface area contributed by atoms with Crippen LogP contribution in [0, 0.1) is 35.5 Å². The minimum atomic E-state index is -0.815. The summed E-state index contributed by atoms with van der Waals surface area (Å²) < 4.78 is 0. The van der Waals surface area contributed by atoms with E-state index in [1.165, 1.54) is 4.90 Å². The van der Waals surface area contributed by atoms with Crippen molar-refractivity contribution in [1.29, 1.82) is 0 Å². The number of aliphatic carboxylic acids is 1. The fourth-order valence-corrected chi connectivity index (χ4v) is 5.67. The molecule has 2 bridgehead atoms. The molecule has 1 heterocycles. The number of likely N-dealkylation sites (tertiary alicyclic amines) is 1. The Morgan fingerprint density at radius 2 is 1.57 bits per heavy atom. The first-order valence-corrected chi connectivity index (χ1v) is 8.76. The van der Waals surface area contributed by atoms with Gasteiger partial charge in [0.15, 0.2) is 0 Å². The summed E-state index contributed by atoms with van der Waals surface area (Å²) in [6.07, 6.45) is 4.38. The Kier molecular flexibility index (Phi) is 3.48. The second-order valence-electron chi connectivity index (χ2n) is 7.72. The number of amides is 2. The lowest BCUT2D eigenvalue weighted by atomic mass is 9.79. The minimum absolute atomic E-state index is 0.0759. The molecule has 6 heteroatoms. The molecular weight excluding hydrogens is 298 g/mol. The van der Waals surface area contributed by atoms with Gasteiger partial charge in [0.1, 0.15) is 0 Å². The summed E-state index contributed by atoms with van der Waals surface area (Å²) in [5.74, 6) is -2.60. The molecule has 0 aromatic heterocycles. The first kappa shape index (κ1) is 15.1. The average molecular weight is 321 g/mol. The topological polar surface area (TPSA) is 94.9 Å². The fourth-order valence-electron chi connectivity index (χ4n) is 5.67. The molecule has 2 amide bonds. The molecule has 7 atom stereocenters. The van der Waals surface area contributed by atoms with Crippen molar-refractivity contribution in [2.45, 2.75) is 44.6 Å². The minimum Gasteiger partial charge on any atom is -0.481 e. The molecular formula is C17H23NO5. The largest absolute Gasteiger partial charge is 0.481 e. The van der Waals surface area contributed by atoms with Crippen LogP contribution >= 0.6 is 0 Å². The van der Waals surface area contributed by atoms with Gasteiger partial charge in [-0.05, 0) is 43.4 Å². The van der Waals surface area contributed by atoms with E-state index in [0.29, 0.717) is 6.42 Å². The molecule has 6 nitrogen and oxygen atoms in total. The lowest BCUT2D eigenvalue weighted by molar-refractivity contribution is -0.149. The Bertz CT molecular complexity index is 531. The number of nitrogens with zero attached hydrogens (tertiary/aromatic N) is 1. The van der Waals surface area contributed by atoms with Crippen LogP contribution in [0.3, 0.4) is 0 Å². The molecule has 0 radical (unpaired) electrons. The summed E-state index contributed by atoms with van der Waals surface area (Å²) in [6, 6.07) is 0. The molecule has 3 saturated carbocycles. The van der Waals surface area contributed by atoms with Crippen LogP contribution in [-0.2, 0) is 14.4 Å². The van der Waals surface area contributed by atoms with Crippen molar-refractivity contribution in [2.75, 3.05) is 6.54 Å². The van der Waals surface area contributed by atoms with Crippen molar-refractivity contribution in [3.05, 3.63) is 0 Å². The highest BCUT2D eigenvalue weighted by Gasteiger charge is 2.65. The Morgan fingerprint density at radius 1 is 1.00 bits per heavy atom. The van der Waals surface area contributed by atoms with Crippen molar-refractivity contribution in [3.63, 3.8) is 0 Å². The van der Waals surface area contributed by atoms with Crippen LogP contribution in [0.4, 0.5) is 0 Å². The summed E-state index contributed by atoms with van der Waals surface area (Å²) in [4.78, 5) is 38.2. The molecule has 1 aliphatic heterocycles. The first-order valence-electron chi connectivity index (χ1n) is 8.76. The maximum Gasteiger partial charge on any atom is 0.306 e. The van der Waals surface area contributed by atoms with E-state index in [1.54, 1.807) is 0 Å². The van der Waals surface area contributed by atoms with Gasteiger partial charge in [-0.2, -0.15) is 0 Å². The highest BCUT2D eigenvalue weighted by molar-refractivity contribution is 6.06. The SMILES string of the molecule is O=C(O)[C@@H]1CCCC[C@H]1CN1C(=O)[C@@H]2[C@H](C1=O)[C@H]1CC[C@@H]2C1O. The molecule has 1 unspecified atom stereocenters. The van der Waals surface area contributed by atoms with Crippen molar-refractivity contribution < 1.29 is 24.6 Å². The Labute approximate surface area is 134 Å². The van der Waals surface area contributed by atoms with Gasteiger partial charge in [0.2, 0.25) is 11.8 Å². The predicted octanol–water partition coefficient (Wildman–Crippen LogP) is 0.879. The van der Waals surface area contributed by atoms with Crippen molar-refractivity contribution in [1.82, 2.24) is 4.90 Å². The summed E-state index contributed by atoms with van der Waals surface area (Å²) in [5.41, 5.74) is 0. The normalized spacial score (nSPS) is 45.6. The van der Waals surface area contributed by atoms with Crippen LogP contribution in [0.5, 0.6) is 0 Å². The lowest BCUT2D eigenvalue weighted by Crippen LogP contribution is -2.42. The number of carboxylic acids is 1. The molecule has 0 aromatic rings. The highest BCUT2D eigenvalue weighted by Crippen LogP contribution is 2.56. The Hall–Kier alpha value is -1.43. The highest BCUT2D eigenvalue weighted by atomic mass is 16.4. The monoisotopic (exact) mass is 321 g/mol. The van der Waals surface area contributed by atoms with Gasteiger partial charge in [0.25, 0.3) is 0 Å². The molecule has 23 heavy (non-hydrogen) atoms. The third kappa shape index (κ3) is 2.07. The van der Waals surface area contributed by atoms with Crippen LogP contribution < -0.4 is 0 Å². The Balaban J connectivity index is 1.53. The average Bonchev–Trinajstić information content (AvgIpc) is 3.12. The number of carbonyl (C=O) groups is 3. The Morgan fingerprint density at radius 3 is 2.13 bits per heavy atom. The van der Waals surface area contributed by atoms with E-state index in [9.17, 15) is 24.6 Å². The number of hydrogen-bond donors (Lipinski definition) is 2. The van der Waals surface area contributed by atoms with E-state index in [4.69, 9.17) is 0 Å². The number of rotatable bonds is 3. The van der Waals surface area contributed by atoms with E-state index < -0.39 is 18.0 Å². The van der Waals surface area contributed by atoms with Crippen LogP contribution in [-0.4, -0.2) is 45.5 Å².